The van der Waals surface area contributed by atoms with Crippen LogP contribution >= 0.6 is 0 Å². The highest BCUT2D eigenvalue weighted by atomic mass is 16.5. The molecule has 1 aliphatic rings. The van der Waals surface area contributed by atoms with Crippen LogP contribution in [0.3, 0.4) is 0 Å². The Kier molecular flexibility index (Phi) is 4.37. The Labute approximate surface area is 139 Å². The van der Waals surface area contributed by atoms with E-state index in [4.69, 9.17) is 9.47 Å². The number of fused-ring (bicyclic) bond motifs is 1. The summed E-state index contributed by atoms with van der Waals surface area (Å²) < 4.78 is 10.7. The van der Waals surface area contributed by atoms with Crippen molar-refractivity contribution in [2.24, 2.45) is 0 Å². The molecule has 0 radical (unpaired) electrons. The number of hydrogen-bond donors (Lipinski definition) is 2. The van der Waals surface area contributed by atoms with E-state index in [1.165, 1.54) is 0 Å². The third-order valence-electron chi connectivity index (χ3n) is 3.79. The number of carbonyl (C=O) groups is 2. The summed E-state index contributed by atoms with van der Waals surface area (Å²) in [5.41, 5.74) is 1.86. The van der Waals surface area contributed by atoms with E-state index in [9.17, 15) is 9.59 Å². The van der Waals surface area contributed by atoms with E-state index in [2.05, 4.69) is 10.6 Å². The normalized spacial score (nSPS) is 15.8. The first-order valence-electron chi connectivity index (χ1n) is 7.60. The summed E-state index contributed by atoms with van der Waals surface area (Å²) in [4.78, 5) is 24.1. The lowest BCUT2D eigenvalue weighted by molar-refractivity contribution is -0.122. The summed E-state index contributed by atoms with van der Waals surface area (Å²) in [7, 11) is 1.61. The van der Waals surface area contributed by atoms with E-state index >= 15 is 0 Å². The fourth-order valence-electron chi connectivity index (χ4n) is 2.43. The van der Waals surface area contributed by atoms with Gasteiger partial charge in [-0.1, -0.05) is 18.2 Å². The van der Waals surface area contributed by atoms with Gasteiger partial charge in [0.25, 0.3) is 11.8 Å². The molecule has 0 spiro atoms. The Morgan fingerprint density at radius 1 is 1.25 bits per heavy atom. The van der Waals surface area contributed by atoms with Crippen molar-refractivity contribution in [2.75, 3.05) is 12.4 Å². The molecule has 2 amide bonds. The fraction of sp³-hybridized carbons (Fsp3) is 0.222. The SMILES string of the molecule is COc1ccc(CNC(=O)c2cccc3c2OC(C)C(=O)N3)cc1. The van der Waals surface area contributed by atoms with Gasteiger partial charge < -0.3 is 20.1 Å². The first-order valence-corrected chi connectivity index (χ1v) is 7.60. The zero-order valence-corrected chi connectivity index (χ0v) is 13.5. The number of para-hydroxylation sites is 1. The van der Waals surface area contributed by atoms with Gasteiger partial charge in [0, 0.05) is 6.54 Å². The van der Waals surface area contributed by atoms with Crippen molar-refractivity contribution < 1.29 is 19.1 Å². The molecule has 0 saturated heterocycles. The molecule has 6 heteroatoms. The van der Waals surface area contributed by atoms with Gasteiger partial charge in [0.05, 0.1) is 18.4 Å². The zero-order valence-electron chi connectivity index (χ0n) is 13.5. The third kappa shape index (κ3) is 3.17. The Morgan fingerprint density at radius 2 is 2.00 bits per heavy atom. The molecule has 1 unspecified atom stereocenters. The molecule has 1 atom stereocenters. The van der Waals surface area contributed by atoms with Crippen LogP contribution in [0, 0.1) is 0 Å². The highest BCUT2D eigenvalue weighted by molar-refractivity contribution is 6.03. The second-order valence-electron chi connectivity index (χ2n) is 5.46. The summed E-state index contributed by atoms with van der Waals surface area (Å²) in [6.45, 7) is 2.03. The molecule has 0 bridgehead atoms. The van der Waals surface area contributed by atoms with Gasteiger partial charge in [-0.15, -0.1) is 0 Å². The van der Waals surface area contributed by atoms with Gasteiger partial charge in [0.2, 0.25) is 0 Å². The Bertz CT molecular complexity index is 771. The summed E-state index contributed by atoms with van der Waals surface area (Å²) in [6, 6.07) is 12.5. The number of amides is 2. The Hall–Kier alpha value is -3.02. The number of carbonyl (C=O) groups excluding carboxylic acids is 2. The lowest BCUT2D eigenvalue weighted by Crippen LogP contribution is -2.35. The second-order valence-corrected chi connectivity index (χ2v) is 5.46. The Balaban J connectivity index is 1.73. The average Bonchev–Trinajstić information content (AvgIpc) is 2.60. The van der Waals surface area contributed by atoms with Gasteiger partial charge in [-0.3, -0.25) is 9.59 Å². The molecule has 2 aromatic carbocycles. The molecule has 0 fully saturated rings. The van der Waals surface area contributed by atoms with Crippen LogP contribution in [-0.4, -0.2) is 25.0 Å². The number of benzene rings is 2. The zero-order chi connectivity index (χ0) is 17.1. The van der Waals surface area contributed by atoms with Crippen LogP contribution in [0.4, 0.5) is 5.69 Å². The maximum Gasteiger partial charge on any atom is 0.265 e. The highest BCUT2D eigenvalue weighted by Crippen LogP contribution is 2.33. The van der Waals surface area contributed by atoms with Crippen molar-refractivity contribution in [1.82, 2.24) is 5.32 Å². The van der Waals surface area contributed by atoms with E-state index in [1.54, 1.807) is 32.2 Å². The van der Waals surface area contributed by atoms with Gasteiger partial charge in [0.1, 0.15) is 5.75 Å². The quantitative estimate of drug-likeness (QED) is 0.904. The number of rotatable bonds is 4. The molecular weight excluding hydrogens is 308 g/mol. The third-order valence-corrected chi connectivity index (χ3v) is 3.79. The van der Waals surface area contributed by atoms with Gasteiger partial charge in [-0.25, -0.2) is 0 Å². The first kappa shape index (κ1) is 15.9. The van der Waals surface area contributed by atoms with Crippen LogP contribution in [0.2, 0.25) is 0 Å². The number of anilines is 1. The Morgan fingerprint density at radius 3 is 2.71 bits per heavy atom. The predicted molar refractivity (Wildman–Crippen MR) is 89.3 cm³/mol. The second kappa shape index (κ2) is 6.62. The molecule has 2 N–H and O–H groups in total. The number of ether oxygens (including phenoxy) is 2. The maximum absolute atomic E-state index is 12.5. The maximum atomic E-state index is 12.5. The van der Waals surface area contributed by atoms with Gasteiger partial charge in [-0.05, 0) is 36.8 Å². The lowest BCUT2D eigenvalue weighted by atomic mass is 10.1. The minimum absolute atomic E-state index is 0.224. The van der Waals surface area contributed by atoms with Crippen molar-refractivity contribution in [3.05, 3.63) is 53.6 Å². The monoisotopic (exact) mass is 326 g/mol. The molecule has 0 saturated carbocycles. The molecule has 1 heterocycles. The number of nitrogens with one attached hydrogen (secondary N) is 2. The molecule has 0 aliphatic carbocycles. The van der Waals surface area contributed by atoms with Gasteiger partial charge in [-0.2, -0.15) is 0 Å². The van der Waals surface area contributed by atoms with E-state index in [0.717, 1.165) is 11.3 Å². The van der Waals surface area contributed by atoms with Crippen LogP contribution in [0.1, 0.15) is 22.8 Å². The number of hydrogen-bond acceptors (Lipinski definition) is 4. The lowest BCUT2D eigenvalue weighted by Gasteiger charge is -2.25. The van der Waals surface area contributed by atoms with Crippen molar-refractivity contribution >= 4 is 17.5 Å². The molecule has 1 aliphatic heterocycles. The van der Waals surface area contributed by atoms with Crippen LogP contribution in [0.5, 0.6) is 11.5 Å². The predicted octanol–water partition coefficient (Wildman–Crippen LogP) is 2.34. The average molecular weight is 326 g/mol. The minimum Gasteiger partial charge on any atom is -0.497 e. The first-order chi connectivity index (χ1) is 11.6. The number of methoxy groups -OCH3 is 1. The van der Waals surface area contributed by atoms with E-state index < -0.39 is 6.10 Å². The van der Waals surface area contributed by atoms with E-state index in [0.29, 0.717) is 23.5 Å². The van der Waals surface area contributed by atoms with E-state index in [1.807, 2.05) is 24.3 Å². The molecule has 6 nitrogen and oxygen atoms in total. The molecule has 2 aromatic rings. The van der Waals surface area contributed by atoms with Gasteiger partial charge in [0.15, 0.2) is 11.9 Å². The largest absolute Gasteiger partial charge is 0.497 e. The molecule has 0 aromatic heterocycles. The molecule has 24 heavy (non-hydrogen) atoms. The van der Waals surface area contributed by atoms with Crippen LogP contribution < -0.4 is 20.1 Å². The molecule has 124 valence electrons. The van der Waals surface area contributed by atoms with Crippen molar-refractivity contribution in [3.63, 3.8) is 0 Å². The fourth-order valence-corrected chi connectivity index (χ4v) is 2.43. The topological polar surface area (TPSA) is 76.7 Å². The summed E-state index contributed by atoms with van der Waals surface area (Å²) in [5, 5.41) is 5.59. The van der Waals surface area contributed by atoms with Crippen molar-refractivity contribution in [1.29, 1.82) is 0 Å². The smallest absolute Gasteiger partial charge is 0.265 e. The van der Waals surface area contributed by atoms with Crippen molar-refractivity contribution in [3.8, 4) is 11.5 Å². The summed E-state index contributed by atoms with van der Waals surface area (Å²) >= 11 is 0. The minimum atomic E-state index is -0.631. The standard InChI is InChI=1S/C18H18N2O4/c1-11-17(21)20-15-5-3-4-14(16(15)24-11)18(22)19-10-12-6-8-13(23-2)9-7-12/h3-9,11H,10H2,1-2H3,(H,19,22)(H,20,21). The van der Waals surface area contributed by atoms with Crippen LogP contribution in [-0.2, 0) is 11.3 Å². The summed E-state index contributed by atoms with van der Waals surface area (Å²) in [5.74, 6) is 0.682. The van der Waals surface area contributed by atoms with Crippen LogP contribution in [0.25, 0.3) is 0 Å². The van der Waals surface area contributed by atoms with Gasteiger partial charge >= 0.3 is 0 Å². The molecule has 3 rings (SSSR count). The van der Waals surface area contributed by atoms with Crippen LogP contribution in [0.15, 0.2) is 42.5 Å². The summed E-state index contributed by atoms with van der Waals surface area (Å²) in [6.07, 6.45) is -0.631. The van der Waals surface area contributed by atoms with E-state index in [-0.39, 0.29) is 11.8 Å². The molecular formula is C18H18N2O4. The van der Waals surface area contributed by atoms with Crippen molar-refractivity contribution in [2.45, 2.75) is 19.6 Å². The highest BCUT2D eigenvalue weighted by Gasteiger charge is 2.27.